The van der Waals surface area contributed by atoms with Crippen LogP contribution < -0.4 is 10.1 Å². The molecule has 2 saturated heterocycles. The van der Waals surface area contributed by atoms with Crippen LogP contribution in [0, 0.1) is 6.92 Å². The molecule has 0 aliphatic carbocycles. The van der Waals surface area contributed by atoms with Crippen molar-refractivity contribution in [2.45, 2.75) is 57.8 Å². The van der Waals surface area contributed by atoms with Gasteiger partial charge in [-0.05, 0) is 56.7 Å². The van der Waals surface area contributed by atoms with Crippen molar-refractivity contribution in [3.63, 3.8) is 0 Å². The van der Waals surface area contributed by atoms with Crippen molar-refractivity contribution >= 4 is 17.7 Å². The molecule has 192 valence electrons. The lowest BCUT2D eigenvalue weighted by Gasteiger charge is -2.44. The minimum absolute atomic E-state index is 0.0132. The Kier molecular flexibility index (Phi) is 7.64. The lowest BCUT2D eigenvalue weighted by Crippen LogP contribution is -2.60. The maximum atomic E-state index is 13.8. The average molecular weight is 494 g/mol. The first-order valence-corrected chi connectivity index (χ1v) is 12.6. The standard InChI is InChI=1S/C28H35N3O5/c1-5-20(3)29-25(32)24-18-36-28(31(24)27(34)21-9-11-23(35-4)12-10-21)13-15-30(16-14-28)26(33)22-8-6-7-19(2)17-22/h6-12,17,20,24H,5,13-16,18H2,1-4H3,(H,29,32). The van der Waals surface area contributed by atoms with Crippen LogP contribution in [-0.4, -0.2) is 72.1 Å². The van der Waals surface area contributed by atoms with Gasteiger partial charge in [0.15, 0.2) is 0 Å². The van der Waals surface area contributed by atoms with Crippen molar-refractivity contribution in [2.75, 3.05) is 26.8 Å². The number of benzene rings is 2. The molecule has 8 heteroatoms. The van der Waals surface area contributed by atoms with Crippen molar-refractivity contribution in [2.24, 2.45) is 0 Å². The maximum Gasteiger partial charge on any atom is 0.256 e. The Bertz CT molecular complexity index is 1110. The van der Waals surface area contributed by atoms with Crippen LogP contribution in [0.1, 0.15) is 59.4 Å². The molecule has 2 atom stereocenters. The second kappa shape index (κ2) is 10.7. The van der Waals surface area contributed by atoms with Gasteiger partial charge in [-0.1, -0.05) is 24.6 Å². The zero-order chi connectivity index (χ0) is 25.9. The maximum absolute atomic E-state index is 13.8. The van der Waals surface area contributed by atoms with Crippen molar-refractivity contribution in [1.29, 1.82) is 0 Å². The van der Waals surface area contributed by atoms with Gasteiger partial charge in [0.05, 0.1) is 13.7 Å². The molecule has 2 aromatic carbocycles. The van der Waals surface area contributed by atoms with Crippen LogP contribution in [0.5, 0.6) is 5.75 Å². The van der Waals surface area contributed by atoms with Crippen molar-refractivity contribution in [3.05, 3.63) is 65.2 Å². The van der Waals surface area contributed by atoms with Gasteiger partial charge in [-0.15, -0.1) is 0 Å². The Balaban J connectivity index is 1.58. The molecule has 4 rings (SSSR count). The van der Waals surface area contributed by atoms with Gasteiger partial charge in [0.2, 0.25) is 5.91 Å². The summed E-state index contributed by atoms with van der Waals surface area (Å²) in [5, 5.41) is 3.00. The van der Waals surface area contributed by atoms with Crippen LogP contribution in [0.25, 0.3) is 0 Å². The minimum Gasteiger partial charge on any atom is -0.497 e. The van der Waals surface area contributed by atoms with Gasteiger partial charge in [-0.2, -0.15) is 0 Å². The topological polar surface area (TPSA) is 88.2 Å². The van der Waals surface area contributed by atoms with Crippen molar-refractivity contribution < 1.29 is 23.9 Å². The molecule has 2 heterocycles. The first kappa shape index (κ1) is 25.7. The van der Waals surface area contributed by atoms with E-state index in [2.05, 4.69) is 5.32 Å². The summed E-state index contributed by atoms with van der Waals surface area (Å²) in [4.78, 5) is 43.5. The molecule has 2 aromatic rings. The van der Waals surface area contributed by atoms with Crippen molar-refractivity contribution in [3.8, 4) is 5.75 Å². The van der Waals surface area contributed by atoms with E-state index in [1.165, 1.54) is 0 Å². The number of nitrogens with zero attached hydrogens (tertiary/aromatic N) is 2. The predicted octanol–water partition coefficient (Wildman–Crippen LogP) is 3.39. The molecule has 8 nitrogen and oxygen atoms in total. The van der Waals surface area contributed by atoms with Crippen molar-refractivity contribution in [1.82, 2.24) is 15.1 Å². The lowest BCUT2D eigenvalue weighted by atomic mass is 9.96. The second-order valence-electron chi connectivity index (χ2n) is 9.66. The highest BCUT2D eigenvalue weighted by Gasteiger charge is 2.54. The SMILES string of the molecule is CCC(C)NC(=O)C1COC2(CCN(C(=O)c3cccc(C)c3)CC2)N1C(=O)c1ccc(OC)cc1. The number of ether oxygens (including phenoxy) is 2. The molecule has 0 saturated carbocycles. The lowest BCUT2D eigenvalue weighted by molar-refractivity contribution is -0.128. The van der Waals surface area contributed by atoms with Gasteiger partial charge in [0.25, 0.3) is 11.8 Å². The quantitative estimate of drug-likeness (QED) is 0.667. The molecule has 2 aliphatic rings. The largest absolute Gasteiger partial charge is 0.497 e. The molecule has 2 unspecified atom stereocenters. The molecule has 3 amide bonds. The van der Waals surface area contributed by atoms with Gasteiger partial charge in [0, 0.05) is 43.1 Å². The monoisotopic (exact) mass is 493 g/mol. The highest BCUT2D eigenvalue weighted by molar-refractivity contribution is 5.99. The first-order valence-electron chi connectivity index (χ1n) is 12.6. The fourth-order valence-electron chi connectivity index (χ4n) is 4.90. The Morgan fingerprint density at radius 1 is 1.08 bits per heavy atom. The number of nitrogens with one attached hydrogen (secondary N) is 1. The minimum atomic E-state index is -0.947. The van der Waals surface area contributed by atoms with E-state index >= 15 is 0 Å². The third kappa shape index (κ3) is 5.09. The molecule has 0 bridgehead atoms. The number of hydrogen-bond donors (Lipinski definition) is 1. The van der Waals surface area contributed by atoms with E-state index < -0.39 is 11.8 Å². The van der Waals surface area contributed by atoms with E-state index in [0.717, 1.165) is 12.0 Å². The van der Waals surface area contributed by atoms with Crippen LogP contribution >= 0.6 is 0 Å². The smallest absolute Gasteiger partial charge is 0.256 e. The first-order chi connectivity index (χ1) is 17.3. The van der Waals surface area contributed by atoms with Crippen LogP contribution in [0.15, 0.2) is 48.5 Å². The van der Waals surface area contributed by atoms with E-state index in [1.807, 2.05) is 45.0 Å². The highest BCUT2D eigenvalue weighted by atomic mass is 16.5. The van der Waals surface area contributed by atoms with Crippen LogP contribution in [0.2, 0.25) is 0 Å². The molecule has 2 fully saturated rings. The number of amides is 3. The van der Waals surface area contributed by atoms with Gasteiger partial charge in [-0.3, -0.25) is 19.3 Å². The van der Waals surface area contributed by atoms with E-state index in [-0.39, 0.29) is 30.4 Å². The molecule has 2 aliphatic heterocycles. The fourth-order valence-corrected chi connectivity index (χ4v) is 4.90. The molecular weight excluding hydrogens is 458 g/mol. The molecular formula is C28H35N3O5. The van der Waals surface area contributed by atoms with Gasteiger partial charge in [-0.25, -0.2) is 0 Å². The molecule has 36 heavy (non-hydrogen) atoms. The zero-order valence-electron chi connectivity index (χ0n) is 21.5. The normalized spacial score (nSPS) is 19.7. The van der Waals surface area contributed by atoms with E-state index in [4.69, 9.17) is 9.47 Å². The fraction of sp³-hybridized carbons (Fsp3) is 0.464. The van der Waals surface area contributed by atoms with E-state index in [1.54, 1.807) is 41.2 Å². The number of carbonyl (C=O) groups is 3. The third-order valence-corrected chi connectivity index (χ3v) is 7.22. The average Bonchev–Trinajstić information content (AvgIpc) is 3.26. The predicted molar refractivity (Wildman–Crippen MR) is 136 cm³/mol. The molecule has 1 N–H and O–H groups in total. The van der Waals surface area contributed by atoms with Gasteiger partial charge >= 0.3 is 0 Å². The van der Waals surface area contributed by atoms with Gasteiger partial charge < -0.3 is 19.7 Å². The Morgan fingerprint density at radius 2 is 1.78 bits per heavy atom. The van der Waals surface area contributed by atoms with E-state index in [0.29, 0.717) is 42.8 Å². The number of carbonyl (C=O) groups excluding carboxylic acids is 3. The second-order valence-corrected chi connectivity index (χ2v) is 9.66. The highest BCUT2D eigenvalue weighted by Crippen LogP contribution is 2.39. The number of rotatable bonds is 6. The number of piperidine rings is 1. The van der Waals surface area contributed by atoms with E-state index in [9.17, 15) is 14.4 Å². The number of aryl methyl sites for hydroxylation is 1. The summed E-state index contributed by atoms with van der Waals surface area (Å²) in [6.45, 7) is 6.88. The molecule has 0 radical (unpaired) electrons. The Morgan fingerprint density at radius 3 is 2.39 bits per heavy atom. The summed E-state index contributed by atoms with van der Waals surface area (Å²) >= 11 is 0. The number of likely N-dealkylation sites (tertiary alicyclic amines) is 1. The number of hydrogen-bond acceptors (Lipinski definition) is 5. The van der Waals surface area contributed by atoms with Crippen LogP contribution in [-0.2, 0) is 9.53 Å². The van der Waals surface area contributed by atoms with Crippen LogP contribution in [0.3, 0.4) is 0 Å². The molecule has 1 spiro atoms. The summed E-state index contributed by atoms with van der Waals surface area (Å²) in [6.07, 6.45) is 1.64. The summed E-state index contributed by atoms with van der Waals surface area (Å²) in [7, 11) is 1.57. The molecule has 0 aromatic heterocycles. The summed E-state index contributed by atoms with van der Waals surface area (Å²) in [5.41, 5.74) is 1.19. The summed E-state index contributed by atoms with van der Waals surface area (Å²) in [5.74, 6) is 0.123. The summed E-state index contributed by atoms with van der Waals surface area (Å²) < 4.78 is 11.5. The summed E-state index contributed by atoms with van der Waals surface area (Å²) in [6, 6.07) is 13.6. The Hall–Kier alpha value is -3.39. The zero-order valence-corrected chi connectivity index (χ0v) is 21.5. The number of methoxy groups -OCH3 is 1. The van der Waals surface area contributed by atoms with Crippen LogP contribution in [0.4, 0.5) is 0 Å². The Labute approximate surface area is 212 Å². The third-order valence-electron chi connectivity index (χ3n) is 7.22. The van der Waals surface area contributed by atoms with Gasteiger partial charge in [0.1, 0.15) is 17.5 Å².